The van der Waals surface area contributed by atoms with Crippen molar-refractivity contribution in [3.8, 4) is 0 Å². The number of benzene rings is 2. The molecule has 0 aliphatic rings. The molecule has 0 atom stereocenters. The Balaban J connectivity index is 1.89. The zero-order valence-corrected chi connectivity index (χ0v) is 12.7. The van der Waals surface area contributed by atoms with Crippen LogP contribution in [0, 0.1) is 11.6 Å². The van der Waals surface area contributed by atoms with Crippen LogP contribution in [-0.4, -0.2) is 5.91 Å². The first-order valence-corrected chi connectivity index (χ1v) is 7.29. The molecule has 2 rings (SSSR count). The SMILES string of the molecule is CC(C)c1ccc(CCC(=O)Nc2ccc(F)cc2F)cc1. The van der Waals surface area contributed by atoms with Crippen molar-refractivity contribution >= 4 is 11.6 Å². The van der Waals surface area contributed by atoms with Crippen LogP contribution < -0.4 is 5.32 Å². The second-order valence-electron chi connectivity index (χ2n) is 5.57. The van der Waals surface area contributed by atoms with Gasteiger partial charge in [0.05, 0.1) is 5.69 Å². The Morgan fingerprint density at radius 3 is 2.36 bits per heavy atom. The minimum atomic E-state index is -0.769. The molecule has 0 heterocycles. The Kier molecular flexibility index (Phi) is 5.26. The van der Waals surface area contributed by atoms with E-state index < -0.39 is 11.6 Å². The van der Waals surface area contributed by atoms with Gasteiger partial charge in [0.15, 0.2) is 0 Å². The van der Waals surface area contributed by atoms with Crippen LogP contribution in [0.4, 0.5) is 14.5 Å². The minimum Gasteiger partial charge on any atom is -0.324 e. The number of hydrogen-bond donors (Lipinski definition) is 1. The summed E-state index contributed by atoms with van der Waals surface area (Å²) in [6.45, 7) is 4.25. The number of nitrogens with one attached hydrogen (secondary N) is 1. The van der Waals surface area contributed by atoms with Crippen LogP contribution in [0.5, 0.6) is 0 Å². The van der Waals surface area contributed by atoms with E-state index in [1.54, 1.807) is 0 Å². The Labute approximate surface area is 129 Å². The third-order valence-electron chi connectivity index (χ3n) is 3.49. The largest absolute Gasteiger partial charge is 0.324 e. The molecule has 0 aromatic heterocycles. The van der Waals surface area contributed by atoms with Crippen LogP contribution in [-0.2, 0) is 11.2 Å². The maximum absolute atomic E-state index is 13.4. The van der Waals surface area contributed by atoms with Crippen LogP contribution in [0.3, 0.4) is 0 Å². The number of rotatable bonds is 5. The highest BCUT2D eigenvalue weighted by molar-refractivity contribution is 5.90. The summed E-state index contributed by atoms with van der Waals surface area (Å²) in [6, 6.07) is 11.2. The Morgan fingerprint density at radius 2 is 1.77 bits per heavy atom. The second-order valence-corrected chi connectivity index (χ2v) is 5.57. The number of hydrogen-bond acceptors (Lipinski definition) is 1. The lowest BCUT2D eigenvalue weighted by atomic mass is 10.0. The molecule has 2 nitrogen and oxygen atoms in total. The molecule has 2 aromatic rings. The smallest absolute Gasteiger partial charge is 0.224 e. The zero-order chi connectivity index (χ0) is 16.1. The molecule has 0 fully saturated rings. The van der Waals surface area contributed by atoms with Crippen molar-refractivity contribution in [3.05, 3.63) is 65.2 Å². The van der Waals surface area contributed by atoms with E-state index in [4.69, 9.17) is 0 Å². The Morgan fingerprint density at radius 1 is 1.09 bits per heavy atom. The number of anilines is 1. The summed E-state index contributed by atoms with van der Waals surface area (Å²) in [6.07, 6.45) is 0.824. The molecule has 1 amide bonds. The third-order valence-corrected chi connectivity index (χ3v) is 3.49. The number of aryl methyl sites for hydroxylation is 1. The van der Waals surface area contributed by atoms with E-state index in [9.17, 15) is 13.6 Å². The van der Waals surface area contributed by atoms with Crippen LogP contribution >= 0.6 is 0 Å². The van der Waals surface area contributed by atoms with Gasteiger partial charge in [0, 0.05) is 12.5 Å². The molecule has 0 radical (unpaired) electrons. The van der Waals surface area contributed by atoms with Gasteiger partial charge in [-0.25, -0.2) is 8.78 Å². The topological polar surface area (TPSA) is 29.1 Å². The second kappa shape index (κ2) is 7.16. The summed E-state index contributed by atoms with van der Waals surface area (Å²) in [5.41, 5.74) is 2.31. The molecule has 0 bridgehead atoms. The van der Waals surface area contributed by atoms with Crippen molar-refractivity contribution < 1.29 is 13.6 Å². The van der Waals surface area contributed by atoms with Gasteiger partial charge in [-0.15, -0.1) is 0 Å². The van der Waals surface area contributed by atoms with Crippen molar-refractivity contribution in [3.63, 3.8) is 0 Å². The van der Waals surface area contributed by atoms with Crippen LogP contribution in [0.1, 0.15) is 37.3 Å². The van der Waals surface area contributed by atoms with Gasteiger partial charge in [-0.05, 0) is 35.6 Å². The lowest BCUT2D eigenvalue weighted by molar-refractivity contribution is -0.116. The zero-order valence-electron chi connectivity index (χ0n) is 12.7. The van der Waals surface area contributed by atoms with Gasteiger partial charge in [-0.1, -0.05) is 38.1 Å². The van der Waals surface area contributed by atoms with Crippen molar-refractivity contribution in [1.82, 2.24) is 0 Å². The van der Waals surface area contributed by atoms with E-state index in [0.717, 1.165) is 17.7 Å². The van der Waals surface area contributed by atoms with Gasteiger partial charge >= 0.3 is 0 Å². The van der Waals surface area contributed by atoms with Crippen LogP contribution in [0.25, 0.3) is 0 Å². The molecule has 116 valence electrons. The first-order valence-electron chi connectivity index (χ1n) is 7.29. The molecule has 0 unspecified atom stereocenters. The number of carbonyl (C=O) groups is 1. The first kappa shape index (κ1) is 16.1. The average molecular weight is 303 g/mol. The molecule has 2 aromatic carbocycles. The fourth-order valence-electron chi connectivity index (χ4n) is 2.13. The summed E-state index contributed by atoms with van der Waals surface area (Å²) in [4.78, 5) is 11.8. The fraction of sp³-hybridized carbons (Fsp3) is 0.278. The predicted octanol–water partition coefficient (Wildman–Crippen LogP) is 4.66. The summed E-state index contributed by atoms with van der Waals surface area (Å²) in [5.74, 6) is -1.26. The molecule has 0 spiro atoms. The molecule has 22 heavy (non-hydrogen) atoms. The maximum Gasteiger partial charge on any atom is 0.224 e. The minimum absolute atomic E-state index is 0.00144. The molecular formula is C18H19F2NO. The van der Waals surface area contributed by atoms with E-state index in [1.165, 1.54) is 11.6 Å². The number of amides is 1. The van der Waals surface area contributed by atoms with Gasteiger partial charge in [0.1, 0.15) is 11.6 Å². The standard InChI is InChI=1S/C18H19F2NO/c1-12(2)14-6-3-13(4-7-14)5-10-18(22)21-17-9-8-15(19)11-16(17)20/h3-4,6-9,11-12H,5,10H2,1-2H3,(H,21,22). The normalized spacial score (nSPS) is 10.8. The van der Waals surface area contributed by atoms with Gasteiger partial charge in [-0.3, -0.25) is 4.79 Å². The quantitative estimate of drug-likeness (QED) is 0.855. The van der Waals surface area contributed by atoms with Gasteiger partial charge in [-0.2, -0.15) is 0 Å². The lowest BCUT2D eigenvalue weighted by Crippen LogP contribution is -2.13. The molecular weight excluding hydrogens is 284 g/mol. The summed E-state index contributed by atoms with van der Waals surface area (Å²) in [5, 5.41) is 2.46. The molecule has 0 saturated carbocycles. The Bertz CT molecular complexity index is 651. The van der Waals surface area contributed by atoms with Crippen molar-refractivity contribution in [2.75, 3.05) is 5.32 Å². The number of carbonyl (C=O) groups excluding carboxylic acids is 1. The third kappa shape index (κ3) is 4.38. The molecule has 4 heteroatoms. The average Bonchev–Trinajstić information content (AvgIpc) is 2.48. The van der Waals surface area contributed by atoms with E-state index in [2.05, 4.69) is 31.3 Å². The van der Waals surface area contributed by atoms with Crippen molar-refractivity contribution in [1.29, 1.82) is 0 Å². The summed E-state index contributed by atoms with van der Waals surface area (Å²) >= 11 is 0. The van der Waals surface area contributed by atoms with Crippen LogP contribution in [0.2, 0.25) is 0 Å². The highest BCUT2D eigenvalue weighted by Gasteiger charge is 2.08. The maximum atomic E-state index is 13.4. The van der Waals surface area contributed by atoms with Crippen LogP contribution in [0.15, 0.2) is 42.5 Å². The highest BCUT2D eigenvalue weighted by atomic mass is 19.1. The van der Waals surface area contributed by atoms with Gasteiger partial charge in [0.25, 0.3) is 0 Å². The van der Waals surface area contributed by atoms with E-state index >= 15 is 0 Å². The van der Waals surface area contributed by atoms with Gasteiger partial charge in [0.2, 0.25) is 5.91 Å². The molecule has 0 saturated heterocycles. The fourth-order valence-corrected chi connectivity index (χ4v) is 2.13. The summed E-state index contributed by atoms with van der Waals surface area (Å²) < 4.78 is 26.2. The molecule has 0 aliphatic carbocycles. The highest BCUT2D eigenvalue weighted by Crippen LogP contribution is 2.17. The predicted molar refractivity (Wildman–Crippen MR) is 83.8 cm³/mol. The van der Waals surface area contributed by atoms with E-state index in [0.29, 0.717) is 12.3 Å². The van der Waals surface area contributed by atoms with Gasteiger partial charge < -0.3 is 5.32 Å². The summed E-state index contributed by atoms with van der Waals surface area (Å²) in [7, 11) is 0. The van der Waals surface area contributed by atoms with Crippen molar-refractivity contribution in [2.24, 2.45) is 0 Å². The monoisotopic (exact) mass is 303 g/mol. The van der Waals surface area contributed by atoms with E-state index in [-0.39, 0.29) is 18.0 Å². The molecule has 1 N–H and O–H groups in total. The van der Waals surface area contributed by atoms with E-state index in [1.807, 2.05) is 12.1 Å². The van der Waals surface area contributed by atoms with Crippen molar-refractivity contribution in [2.45, 2.75) is 32.6 Å². The Hall–Kier alpha value is -2.23. The first-order chi connectivity index (χ1) is 10.5. The molecule has 0 aliphatic heterocycles. The number of halogens is 2. The lowest BCUT2D eigenvalue weighted by Gasteiger charge is -2.08.